The fourth-order valence-corrected chi connectivity index (χ4v) is 2.75. The van der Waals surface area contributed by atoms with E-state index in [0.29, 0.717) is 19.0 Å². The minimum atomic E-state index is -4.12. The number of nitrogens with zero attached hydrogens (tertiary/aromatic N) is 1. The first kappa shape index (κ1) is 14.8. The van der Waals surface area contributed by atoms with Gasteiger partial charge in [-0.15, -0.1) is 0 Å². The average molecular weight is 252 g/mol. The van der Waals surface area contributed by atoms with E-state index in [9.17, 15) is 13.2 Å². The normalized spacial score (nSPS) is 26.5. The van der Waals surface area contributed by atoms with E-state index >= 15 is 0 Å². The highest BCUT2D eigenvalue weighted by Crippen LogP contribution is 2.31. The summed E-state index contributed by atoms with van der Waals surface area (Å²) in [5, 5.41) is 0. The molecule has 0 aromatic heterocycles. The van der Waals surface area contributed by atoms with Crippen LogP contribution in [0.5, 0.6) is 0 Å². The molecule has 0 spiro atoms. The number of nitrogens with two attached hydrogens (primary N) is 1. The third kappa shape index (κ3) is 5.25. The minimum Gasteiger partial charge on any atom is -0.329 e. The van der Waals surface area contributed by atoms with Gasteiger partial charge in [0.1, 0.15) is 0 Å². The molecule has 0 amide bonds. The molecule has 0 heterocycles. The van der Waals surface area contributed by atoms with E-state index in [4.69, 9.17) is 5.73 Å². The molecule has 0 aromatic rings. The molecule has 0 bridgehead atoms. The van der Waals surface area contributed by atoms with Crippen molar-refractivity contribution in [1.82, 2.24) is 4.90 Å². The van der Waals surface area contributed by atoms with Crippen molar-refractivity contribution in [2.45, 2.75) is 51.2 Å². The maximum Gasteiger partial charge on any atom is 0.401 e. The van der Waals surface area contributed by atoms with Crippen LogP contribution < -0.4 is 5.73 Å². The van der Waals surface area contributed by atoms with Crippen molar-refractivity contribution in [2.24, 2.45) is 11.7 Å². The van der Waals surface area contributed by atoms with Gasteiger partial charge in [0, 0.05) is 19.1 Å². The Hall–Kier alpha value is -0.290. The standard InChI is InChI=1S/C12H23F3N2/c1-2-10-4-3-5-11(8-10)17(7-6-16)9-12(13,14)15/h10-11H,2-9,16H2,1H3. The van der Waals surface area contributed by atoms with Crippen LogP contribution in [0.2, 0.25) is 0 Å². The lowest BCUT2D eigenvalue weighted by Gasteiger charge is -2.37. The maximum absolute atomic E-state index is 12.5. The Labute approximate surface area is 101 Å². The Morgan fingerprint density at radius 3 is 2.53 bits per heavy atom. The van der Waals surface area contributed by atoms with E-state index in [2.05, 4.69) is 6.92 Å². The second-order valence-corrected chi connectivity index (χ2v) is 4.97. The maximum atomic E-state index is 12.5. The second kappa shape index (κ2) is 6.59. The highest BCUT2D eigenvalue weighted by atomic mass is 19.4. The van der Waals surface area contributed by atoms with Crippen molar-refractivity contribution in [1.29, 1.82) is 0 Å². The summed E-state index contributed by atoms with van der Waals surface area (Å²) in [5.74, 6) is 0.585. The largest absolute Gasteiger partial charge is 0.401 e. The summed E-state index contributed by atoms with van der Waals surface area (Å²) in [6, 6.07) is 0.0684. The van der Waals surface area contributed by atoms with E-state index in [0.717, 1.165) is 32.1 Å². The number of rotatable bonds is 5. The molecular weight excluding hydrogens is 229 g/mol. The van der Waals surface area contributed by atoms with Crippen LogP contribution in [0.15, 0.2) is 0 Å². The van der Waals surface area contributed by atoms with E-state index < -0.39 is 12.7 Å². The summed E-state index contributed by atoms with van der Waals surface area (Å²) < 4.78 is 37.4. The first-order chi connectivity index (χ1) is 7.96. The van der Waals surface area contributed by atoms with E-state index in [-0.39, 0.29) is 6.04 Å². The van der Waals surface area contributed by atoms with Gasteiger partial charge < -0.3 is 5.73 Å². The second-order valence-electron chi connectivity index (χ2n) is 4.97. The number of halogens is 3. The molecule has 2 N–H and O–H groups in total. The van der Waals surface area contributed by atoms with Crippen molar-refractivity contribution in [3.05, 3.63) is 0 Å². The average Bonchev–Trinajstić information content (AvgIpc) is 2.27. The fourth-order valence-electron chi connectivity index (χ4n) is 2.75. The number of hydrogen-bond acceptors (Lipinski definition) is 2. The minimum absolute atomic E-state index is 0.0684. The monoisotopic (exact) mass is 252 g/mol. The van der Waals surface area contributed by atoms with Gasteiger partial charge in [-0.1, -0.05) is 26.2 Å². The molecule has 1 aliphatic carbocycles. The van der Waals surface area contributed by atoms with Crippen LogP contribution in [0.4, 0.5) is 13.2 Å². The van der Waals surface area contributed by atoms with Gasteiger partial charge in [-0.2, -0.15) is 13.2 Å². The zero-order chi connectivity index (χ0) is 12.9. The lowest BCUT2D eigenvalue weighted by molar-refractivity contribution is -0.152. The summed E-state index contributed by atoms with van der Waals surface area (Å²) >= 11 is 0. The molecule has 1 saturated carbocycles. The lowest BCUT2D eigenvalue weighted by atomic mass is 9.83. The Bertz CT molecular complexity index is 218. The van der Waals surface area contributed by atoms with Crippen molar-refractivity contribution in [3.8, 4) is 0 Å². The van der Waals surface area contributed by atoms with E-state index in [1.54, 1.807) is 0 Å². The lowest BCUT2D eigenvalue weighted by Crippen LogP contribution is -2.46. The third-order valence-corrected chi connectivity index (χ3v) is 3.65. The summed E-state index contributed by atoms with van der Waals surface area (Å²) in [6.45, 7) is 1.94. The van der Waals surface area contributed by atoms with Crippen LogP contribution in [0, 0.1) is 5.92 Å². The molecule has 0 aromatic carbocycles. The molecule has 1 fully saturated rings. The number of alkyl halides is 3. The number of hydrogen-bond donors (Lipinski definition) is 1. The smallest absolute Gasteiger partial charge is 0.329 e. The highest BCUT2D eigenvalue weighted by molar-refractivity contribution is 4.81. The molecular formula is C12H23F3N2. The molecule has 2 unspecified atom stereocenters. The van der Waals surface area contributed by atoms with E-state index in [1.807, 2.05) is 0 Å². The molecule has 5 heteroatoms. The first-order valence-corrected chi connectivity index (χ1v) is 6.47. The molecule has 102 valence electrons. The first-order valence-electron chi connectivity index (χ1n) is 6.47. The van der Waals surface area contributed by atoms with Gasteiger partial charge in [0.2, 0.25) is 0 Å². The Balaban J connectivity index is 2.56. The van der Waals surface area contributed by atoms with Crippen LogP contribution in [0.3, 0.4) is 0 Å². The summed E-state index contributed by atoms with van der Waals surface area (Å²) in [4.78, 5) is 1.53. The molecule has 17 heavy (non-hydrogen) atoms. The highest BCUT2D eigenvalue weighted by Gasteiger charge is 2.35. The van der Waals surface area contributed by atoms with Gasteiger partial charge in [0.15, 0.2) is 0 Å². The molecule has 2 atom stereocenters. The van der Waals surface area contributed by atoms with Crippen LogP contribution in [-0.4, -0.2) is 36.8 Å². The predicted octanol–water partition coefficient (Wildman–Crippen LogP) is 2.78. The van der Waals surface area contributed by atoms with Crippen molar-refractivity contribution < 1.29 is 13.2 Å². The van der Waals surface area contributed by atoms with Gasteiger partial charge in [0.25, 0.3) is 0 Å². The summed E-state index contributed by atoms with van der Waals surface area (Å²) in [6.07, 6.45) is 0.935. The van der Waals surface area contributed by atoms with Crippen LogP contribution >= 0.6 is 0 Å². The molecule has 1 rings (SSSR count). The zero-order valence-electron chi connectivity index (χ0n) is 10.5. The Morgan fingerprint density at radius 2 is 2.00 bits per heavy atom. The zero-order valence-corrected chi connectivity index (χ0v) is 10.5. The SMILES string of the molecule is CCC1CCCC(N(CCN)CC(F)(F)F)C1. The van der Waals surface area contributed by atoms with Gasteiger partial charge >= 0.3 is 6.18 Å². The molecule has 1 aliphatic rings. The molecule has 0 aliphatic heterocycles. The Kier molecular flexibility index (Phi) is 5.73. The van der Waals surface area contributed by atoms with Gasteiger partial charge in [-0.3, -0.25) is 4.90 Å². The summed E-state index contributed by atoms with van der Waals surface area (Å²) in [5.41, 5.74) is 5.41. The molecule has 0 saturated heterocycles. The topological polar surface area (TPSA) is 29.3 Å². The van der Waals surface area contributed by atoms with Crippen LogP contribution in [-0.2, 0) is 0 Å². The van der Waals surface area contributed by atoms with Crippen molar-refractivity contribution in [2.75, 3.05) is 19.6 Å². The van der Waals surface area contributed by atoms with Crippen molar-refractivity contribution in [3.63, 3.8) is 0 Å². The predicted molar refractivity (Wildman–Crippen MR) is 62.7 cm³/mol. The van der Waals surface area contributed by atoms with Gasteiger partial charge in [-0.25, -0.2) is 0 Å². The van der Waals surface area contributed by atoms with Crippen LogP contribution in [0.1, 0.15) is 39.0 Å². The van der Waals surface area contributed by atoms with Gasteiger partial charge in [0.05, 0.1) is 6.54 Å². The van der Waals surface area contributed by atoms with E-state index in [1.165, 1.54) is 4.90 Å². The molecule has 2 nitrogen and oxygen atoms in total. The quantitative estimate of drug-likeness (QED) is 0.815. The fraction of sp³-hybridized carbons (Fsp3) is 1.00. The van der Waals surface area contributed by atoms with Gasteiger partial charge in [-0.05, 0) is 18.8 Å². The van der Waals surface area contributed by atoms with Crippen LogP contribution in [0.25, 0.3) is 0 Å². The van der Waals surface area contributed by atoms with Crippen molar-refractivity contribution >= 4 is 0 Å². The summed E-state index contributed by atoms with van der Waals surface area (Å²) in [7, 11) is 0. The Morgan fingerprint density at radius 1 is 1.29 bits per heavy atom. The molecule has 0 radical (unpaired) electrons. The third-order valence-electron chi connectivity index (χ3n) is 3.65.